The van der Waals surface area contributed by atoms with Crippen molar-refractivity contribution in [1.29, 1.82) is 0 Å². The lowest BCUT2D eigenvalue weighted by Crippen LogP contribution is -2.43. The zero-order valence-corrected chi connectivity index (χ0v) is 19.3. The Balaban J connectivity index is 0.00000392. The molecule has 0 aliphatic carbocycles. The smallest absolute Gasteiger partial charge is 0.221 e. The van der Waals surface area contributed by atoms with E-state index >= 15 is 0 Å². The molecule has 1 aliphatic heterocycles. The molecule has 1 unspecified atom stereocenters. The summed E-state index contributed by atoms with van der Waals surface area (Å²) in [7, 11) is 3.46. The van der Waals surface area contributed by atoms with E-state index in [0.29, 0.717) is 0 Å². The maximum absolute atomic E-state index is 11.3. The van der Waals surface area contributed by atoms with Crippen molar-refractivity contribution in [3.05, 3.63) is 29.8 Å². The number of ether oxygens (including phenoxy) is 1. The first-order chi connectivity index (χ1) is 13.1. The highest BCUT2D eigenvalue weighted by molar-refractivity contribution is 14.0. The topological polar surface area (TPSA) is 92.0 Å². The van der Waals surface area contributed by atoms with Crippen molar-refractivity contribution >= 4 is 35.8 Å². The number of nitrogens with one attached hydrogen (secondary N) is 2. The Morgan fingerprint density at radius 1 is 1.29 bits per heavy atom. The van der Waals surface area contributed by atoms with Crippen LogP contribution in [0.4, 0.5) is 0 Å². The molecule has 2 rings (SSSR count). The Hall–Kier alpha value is -1.55. The normalized spacial score (nSPS) is 17.5. The number of benzene rings is 1. The zero-order chi connectivity index (χ0) is 19.5. The van der Waals surface area contributed by atoms with Crippen molar-refractivity contribution in [3.63, 3.8) is 0 Å². The van der Waals surface area contributed by atoms with Gasteiger partial charge in [0.15, 0.2) is 5.96 Å². The Morgan fingerprint density at radius 2 is 2.00 bits per heavy atom. The fourth-order valence-electron chi connectivity index (χ4n) is 3.34. The van der Waals surface area contributed by atoms with E-state index in [1.165, 1.54) is 5.56 Å². The van der Waals surface area contributed by atoms with Gasteiger partial charge in [-0.2, -0.15) is 0 Å². The van der Waals surface area contributed by atoms with Gasteiger partial charge in [-0.25, -0.2) is 0 Å². The fourth-order valence-corrected chi connectivity index (χ4v) is 3.34. The van der Waals surface area contributed by atoms with Crippen LogP contribution in [-0.4, -0.2) is 63.6 Å². The summed E-state index contributed by atoms with van der Waals surface area (Å²) >= 11 is 0. The van der Waals surface area contributed by atoms with Crippen LogP contribution >= 0.6 is 24.0 Å². The molecule has 158 valence electrons. The molecule has 7 nitrogen and oxygen atoms in total. The van der Waals surface area contributed by atoms with Crippen molar-refractivity contribution in [2.75, 3.05) is 46.9 Å². The second kappa shape index (κ2) is 13.6. The van der Waals surface area contributed by atoms with Gasteiger partial charge in [0.05, 0.1) is 13.0 Å². The Bertz CT molecular complexity index is 609. The van der Waals surface area contributed by atoms with Crippen LogP contribution in [0.5, 0.6) is 5.75 Å². The third-order valence-electron chi connectivity index (χ3n) is 4.94. The minimum Gasteiger partial charge on any atom is -0.497 e. The number of guanidine groups is 1. The minimum absolute atomic E-state index is 0. The number of halogens is 1. The Morgan fingerprint density at radius 3 is 2.64 bits per heavy atom. The van der Waals surface area contributed by atoms with E-state index < -0.39 is 0 Å². The molecule has 0 bridgehead atoms. The van der Waals surface area contributed by atoms with Crippen molar-refractivity contribution < 1.29 is 9.53 Å². The lowest BCUT2D eigenvalue weighted by Gasteiger charge is -2.31. The van der Waals surface area contributed by atoms with Gasteiger partial charge >= 0.3 is 0 Å². The number of rotatable bonds is 9. The number of aliphatic imine (C=N–C) groups is 1. The van der Waals surface area contributed by atoms with Crippen molar-refractivity contribution in [2.24, 2.45) is 16.6 Å². The summed E-state index contributed by atoms with van der Waals surface area (Å²) in [6.45, 7) is 4.49. The molecule has 1 aromatic carbocycles. The highest BCUT2D eigenvalue weighted by Gasteiger charge is 2.23. The highest BCUT2D eigenvalue weighted by atomic mass is 127. The quantitative estimate of drug-likeness (QED) is 0.206. The molecule has 1 saturated heterocycles. The van der Waals surface area contributed by atoms with Gasteiger partial charge in [0.1, 0.15) is 5.75 Å². The van der Waals surface area contributed by atoms with E-state index in [-0.39, 0.29) is 35.8 Å². The summed E-state index contributed by atoms with van der Waals surface area (Å²) in [6, 6.07) is 8.11. The number of nitrogens with zero attached hydrogens (tertiary/aromatic N) is 2. The number of hydrogen-bond acceptors (Lipinski definition) is 4. The van der Waals surface area contributed by atoms with Crippen LogP contribution < -0.4 is 21.1 Å². The van der Waals surface area contributed by atoms with Crippen LogP contribution in [0.15, 0.2) is 29.3 Å². The molecule has 1 aromatic rings. The monoisotopic (exact) mass is 503 g/mol. The van der Waals surface area contributed by atoms with E-state index in [2.05, 4.69) is 32.7 Å². The van der Waals surface area contributed by atoms with E-state index in [9.17, 15) is 4.79 Å². The summed E-state index contributed by atoms with van der Waals surface area (Å²) in [5, 5.41) is 6.69. The molecule has 1 heterocycles. The molecule has 0 aromatic heterocycles. The minimum atomic E-state index is -0.167. The highest BCUT2D eigenvalue weighted by Crippen LogP contribution is 2.15. The summed E-state index contributed by atoms with van der Waals surface area (Å²) in [6.07, 6.45) is 3.90. The number of amides is 1. The van der Waals surface area contributed by atoms with Crippen molar-refractivity contribution in [3.8, 4) is 5.75 Å². The third-order valence-corrected chi connectivity index (χ3v) is 4.94. The van der Waals surface area contributed by atoms with Gasteiger partial charge in [-0.05, 0) is 56.5 Å². The number of carbonyl (C=O) groups excluding carboxylic acids is 1. The van der Waals surface area contributed by atoms with Gasteiger partial charge in [0, 0.05) is 26.7 Å². The molecule has 1 amide bonds. The SMILES string of the molecule is CN=C(NCCCN1CCCC(C(N)=O)C1)NCCc1ccc(OC)cc1.I. The Labute approximate surface area is 185 Å². The molecule has 1 atom stereocenters. The van der Waals surface area contributed by atoms with E-state index in [1.807, 2.05) is 12.1 Å². The van der Waals surface area contributed by atoms with E-state index in [1.54, 1.807) is 14.2 Å². The number of likely N-dealkylation sites (tertiary alicyclic amines) is 1. The first-order valence-corrected chi connectivity index (χ1v) is 9.71. The zero-order valence-electron chi connectivity index (χ0n) is 16.9. The lowest BCUT2D eigenvalue weighted by molar-refractivity contribution is -0.123. The first kappa shape index (κ1) is 24.5. The van der Waals surface area contributed by atoms with E-state index in [0.717, 1.165) is 70.1 Å². The molecule has 0 spiro atoms. The summed E-state index contributed by atoms with van der Waals surface area (Å²) in [4.78, 5) is 17.9. The summed E-state index contributed by atoms with van der Waals surface area (Å²) in [5.41, 5.74) is 6.69. The molecule has 0 saturated carbocycles. The number of hydrogen-bond donors (Lipinski definition) is 3. The van der Waals surface area contributed by atoms with Crippen LogP contribution in [0.1, 0.15) is 24.8 Å². The van der Waals surface area contributed by atoms with Crippen LogP contribution in [-0.2, 0) is 11.2 Å². The number of methoxy groups -OCH3 is 1. The van der Waals surface area contributed by atoms with Gasteiger partial charge in [-0.1, -0.05) is 12.1 Å². The Kier molecular flexibility index (Phi) is 11.9. The van der Waals surface area contributed by atoms with Crippen LogP contribution in [0.3, 0.4) is 0 Å². The van der Waals surface area contributed by atoms with Crippen LogP contribution in [0.2, 0.25) is 0 Å². The molecule has 28 heavy (non-hydrogen) atoms. The number of primary amides is 1. The fraction of sp³-hybridized carbons (Fsp3) is 0.600. The molecular formula is C20H34IN5O2. The number of carbonyl (C=O) groups is 1. The van der Waals surface area contributed by atoms with Crippen LogP contribution in [0.25, 0.3) is 0 Å². The van der Waals surface area contributed by atoms with Gasteiger partial charge in [0.25, 0.3) is 0 Å². The summed E-state index contributed by atoms with van der Waals surface area (Å²) in [5.74, 6) is 1.54. The maximum atomic E-state index is 11.3. The second-order valence-electron chi connectivity index (χ2n) is 6.92. The van der Waals surface area contributed by atoms with Gasteiger partial charge < -0.3 is 26.0 Å². The average molecular weight is 503 g/mol. The lowest BCUT2D eigenvalue weighted by atomic mass is 9.97. The average Bonchev–Trinajstić information content (AvgIpc) is 2.70. The van der Waals surface area contributed by atoms with Gasteiger partial charge in [-0.3, -0.25) is 9.79 Å². The molecule has 4 N–H and O–H groups in total. The molecular weight excluding hydrogens is 469 g/mol. The van der Waals surface area contributed by atoms with Gasteiger partial charge in [0.2, 0.25) is 5.91 Å². The third kappa shape index (κ3) is 8.64. The molecule has 0 radical (unpaired) electrons. The number of piperidine rings is 1. The number of nitrogens with two attached hydrogens (primary N) is 1. The molecule has 8 heteroatoms. The van der Waals surface area contributed by atoms with Crippen molar-refractivity contribution in [2.45, 2.75) is 25.7 Å². The molecule has 1 fully saturated rings. The predicted molar refractivity (Wildman–Crippen MR) is 124 cm³/mol. The largest absolute Gasteiger partial charge is 0.497 e. The first-order valence-electron chi connectivity index (χ1n) is 9.71. The van der Waals surface area contributed by atoms with Crippen molar-refractivity contribution in [1.82, 2.24) is 15.5 Å². The van der Waals surface area contributed by atoms with Gasteiger partial charge in [-0.15, -0.1) is 24.0 Å². The summed E-state index contributed by atoms with van der Waals surface area (Å²) < 4.78 is 5.17. The standard InChI is InChI=1S/C20H33N5O2.HI/c1-22-20(24-12-10-16-6-8-18(27-2)9-7-16)23-11-4-14-25-13-3-5-17(15-25)19(21)26;/h6-9,17H,3-5,10-15H2,1-2H3,(H2,21,26)(H2,22,23,24);1H. The molecule has 1 aliphatic rings. The predicted octanol–water partition coefficient (Wildman–Crippen LogP) is 1.61. The van der Waals surface area contributed by atoms with Crippen LogP contribution in [0, 0.1) is 5.92 Å². The van der Waals surface area contributed by atoms with E-state index in [4.69, 9.17) is 10.5 Å². The maximum Gasteiger partial charge on any atom is 0.221 e. The second-order valence-corrected chi connectivity index (χ2v) is 6.92.